The number of carbonyl (C=O) groups excluding carboxylic acids is 1. The Morgan fingerprint density at radius 3 is 2.25 bits per heavy atom. The van der Waals surface area contributed by atoms with Crippen LogP contribution in [0.4, 0.5) is 5.69 Å². The first-order valence-corrected chi connectivity index (χ1v) is 5.80. The van der Waals surface area contributed by atoms with E-state index in [2.05, 4.69) is 26.0 Å². The summed E-state index contributed by atoms with van der Waals surface area (Å²) in [6, 6.07) is 8.37. The van der Waals surface area contributed by atoms with Crippen LogP contribution in [0, 0.1) is 5.92 Å². The second kappa shape index (κ2) is 3.62. The summed E-state index contributed by atoms with van der Waals surface area (Å²) < 4.78 is 0. The van der Waals surface area contributed by atoms with Crippen molar-refractivity contribution in [3.63, 3.8) is 0 Å². The van der Waals surface area contributed by atoms with Crippen molar-refractivity contribution in [2.45, 2.75) is 32.6 Å². The zero-order valence-corrected chi connectivity index (χ0v) is 10.4. The minimum atomic E-state index is 0.0683. The van der Waals surface area contributed by atoms with Gasteiger partial charge < -0.3 is 4.90 Å². The molecule has 0 saturated heterocycles. The van der Waals surface area contributed by atoms with Crippen LogP contribution in [-0.2, 0) is 10.2 Å². The molecule has 2 atom stereocenters. The van der Waals surface area contributed by atoms with E-state index in [4.69, 9.17) is 0 Å². The van der Waals surface area contributed by atoms with Crippen LogP contribution in [-0.4, -0.2) is 13.0 Å². The van der Waals surface area contributed by atoms with E-state index in [-0.39, 0.29) is 5.91 Å². The highest BCUT2D eigenvalue weighted by atomic mass is 16.2. The summed E-state index contributed by atoms with van der Waals surface area (Å²) in [5.74, 6) is 0.850. The van der Waals surface area contributed by atoms with Crippen molar-refractivity contribution in [2.75, 3.05) is 11.9 Å². The highest BCUT2D eigenvalue weighted by Gasteiger charge is 2.47. The van der Waals surface area contributed by atoms with Gasteiger partial charge in [-0.1, -0.05) is 26.0 Å². The maximum Gasteiger partial charge on any atom is 0.223 e. The van der Waals surface area contributed by atoms with Crippen LogP contribution in [0.3, 0.4) is 0 Å². The molecule has 2 heteroatoms. The van der Waals surface area contributed by atoms with Crippen molar-refractivity contribution in [1.29, 1.82) is 0 Å². The van der Waals surface area contributed by atoms with Crippen LogP contribution in [0.5, 0.6) is 0 Å². The standard InChI is InChI=1S/C14H19NO/c1-10-9-14(10,3)12-5-7-13(8-6-12)15(4)11(2)16/h5-8,10H,9H2,1-4H3/t10-,14-/m0/s1. The van der Waals surface area contributed by atoms with E-state index in [1.807, 2.05) is 12.1 Å². The monoisotopic (exact) mass is 217 g/mol. The zero-order chi connectivity index (χ0) is 11.9. The van der Waals surface area contributed by atoms with Gasteiger partial charge in [0.25, 0.3) is 0 Å². The number of rotatable bonds is 2. The molecule has 1 aromatic carbocycles. The average Bonchev–Trinajstić information content (AvgIpc) is 2.87. The van der Waals surface area contributed by atoms with Gasteiger partial charge in [-0.3, -0.25) is 4.79 Å². The molecule has 0 aromatic heterocycles. The number of nitrogens with zero attached hydrogens (tertiary/aromatic N) is 1. The Balaban J connectivity index is 2.20. The fraction of sp³-hybridized carbons (Fsp3) is 0.500. The summed E-state index contributed by atoms with van der Waals surface area (Å²) in [4.78, 5) is 12.9. The normalized spacial score (nSPS) is 27.6. The largest absolute Gasteiger partial charge is 0.316 e. The predicted molar refractivity (Wildman–Crippen MR) is 66.7 cm³/mol. The van der Waals surface area contributed by atoms with E-state index in [9.17, 15) is 4.79 Å². The first kappa shape index (κ1) is 11.2. The molecule has 86 valence electrons. The number of hydrogen-bond acceptors (Lipinski definition) is 1. The second-order valence-electron chi connectivity index (χ2n) is 5.15. The zero-order valence-electron chi connectivity index (χ0n) is 10.4. The van der Waals surface area contributed by atoms with Crippen LogP contribution >= 0.6 is 0 Å². The maximum atomic E-state index is 11.2. The van der Waals surface area contributed by atoms with Crippen LogP contribution in [0.2, 0.25) is 0 Å². The van der Waals surface area contributed by atoms with Gasteiger partial charge in [-0.2, -0.15) is 0 Å². The van der Waals surface area contributed by atoms with E-state index >= 15 is 0 Å². The Hall–Kier alpha value is -1.31. The molecule has 2 nitrogen and oxygen atoms in total. The van der Waals surface area contributed by atoms with E-state index < -0.39 is 0 Å². The van der Waals surface area contributed by atoms with Gasteiger partial charge in [-0.15, -0.1) is 0 Å². The van der Waals surface area contributed by atoms with E-state index in [0.29, 0.717) is 5.41 Å². The van der Waals surface area contributed by atoms with E-state index in [1.54, 1.807) is 18.9 Å². The first-order valence-electron chi connectivity index (χ1n) is 5.80. The van der Waals surface area contributed by atoms with Crippen LogP contribution in [0.1, 0.15) is 32.8 Å². The van der Waals surface area contributed by atoms with Gasteiger partial charge >= 0.3 is 0 Å². The Labute approximate surface area is 97.3 Å². The number of benzene rings is 1. The van der Waals surface area contributed by atoms with Crippen LogP contribution in [0.15, 0.2) is 24.3 Å². The van der Waals surface area contributed by atoms with Crippen molar-refractivity contribution in [3.8, 4) is 0 Å². The topological polar surface area (TPSA) is 20.3 Å². The van der Waals surface area contributed by atoms with Gasteiger partial charge in [0.05, 0.1) is 0 Å². The molecule has 1 fully saturated rings. The summed E-state index contributed by atoms with van der Waals surface area (Å²) in [7, 11) is 1.80. The van der Waals surface area contributed by atoms with Crippen LogP contribution < -0.4 is 4.90 Å². The molecule has 0 unspecified atom stereocenters. The molecule has 0 bridgehead atoms. The van der Waals surface area contributed by atoms with Crippen LogP contribution in [0.25, 0.3) is 0 Å². The molecule has 0 aliphatic heterocycles. The molecule has 0 radical (unpaired) electrons. The average molecular weight is 217 g/mol. The third-order valence-electron chi connectivity index (χ3n) is 4.04. The van der Waals surface area contributed by atoms with E-state index in [0.717, 1.165) is 11.6 Å². The second-order valence-corrected chi connectivity index (χ2v) is 5.15. The van der Waals surface area contributed by atoms with Gasteiger partial charge in [0.2, 0.25) is 5.91 Å². The highest BCUT2D eigenvalue weighted by Crippen LogP contribution is 2.53. The SMILES string of the molecule is CC(=O)N(C)c1ccc([C@@]2(C)C[C@@H]2C)cc1. The Bertz CT molecular complexity index is 409. The number of amides is 1. The van der Waals surface area contributed by atoms with Gasteiger partial charge in [0, 0.05) is 19.7 Å². The molecule has 1 amide bonds. The molecule has 0 spiro atoms. The summed E-state index contributed by atoms with van der Waals surface area (Å²) in [6.07, 6.45) is 1.27. The Morgan fingerprint density at radius 2 is 1.88 bits per heavy atom. The predicted octanol–water partition coefficient (Wildman–Crippen LogP) is 2.97. The number of anilines is 1. The minimum absolute atomic E-state index is 0.0683. The highest BCUT2D eigenvalue weighted by molar-refractivity contribution is 5.90. The molecule has 1 saturated carbocycles. The van der Waals surface area contributed by atoms with Gasteiger partial charge in [-0.05, 0) is 35.4 Å². The van der Waals surface area contributed by atoms with E-state index in [1.165, 1.54) is 12.0 Å². The van der Waals surface area contributed by atoms with Crippen molar-refractivity contribution in [3.05, 3.63) is 29.8 Å². The van der Waals surface area contributed by atoms with Crippen molar-refractivity contribution >= 4 is 11.6 Å². The summed E-state index contributed by atoms with van der Waals surface area (Å²) in [5, 5.41) is 0. The Morgan fingerprint density at radius 1 is 1.38 bits per heavy atom. The lowest BCUT2D eigenvalue weighted by Gasteiger charge is -2.17. The minimum Gasteiger partial charge on any atom is -0.316 e. The smallest absolute Gasteiger partial charge is 0.223 e. The molecule has 2 rings (SSSR count). The Kier molecular flexibility index (Phi) is 2.53. The fourth-order valence-corrected chi connectivity index (χ4v) is 2.23. The lowest BCUT2D eigenvalue weighted by atomic mass is 9.96. The maximum absolute atomic E-state index is 11.2. The lowest BCUT2D eigenvalue weighted by Crippen LogP contribution is -2.22. The molecule has 0 N–H and O–H groups in total. The molecular formula is C14H19NO. The van der Waals surface area contributed by atoms with Gasteiger partial charge in [0.15, 0.2) is 0 Å². The first-order chi connectivity index (χ1) is 7.45. The van der Waals surface area contributed by atoms with Crippen molar-refractivity contribution < 1.29 is 4.79 Å². The quantitative estimate of drug-likeness (QED) is 0.745. The van der Waals surface area contributed by atoms with Gasteiger partial charge in [-0.25, -0.2) is 0 Å². The summed E-state index contributed by atoms with van der Waals surface area (Å²) in [6.45, 7) is 6.18. The lowest BCUT2D eigenvalue weighted by molar-refractivity contribution is -0.116. The fourth-order valence-electron chi connectivity index (χ4n) is 2.23. The summed E-state index contributed by atoms with van der Waals surface area (Å²) in [5.41, 5.74) is 2.72. The molecule has 1 aliphatic rings. The third-order valence-corrected chi connectivity index (χ3v) is 4.04. The molecule has 1 aromatic rings. The van der Waals surface area contributed by atoms with Crippen molar-refractivity contribution in [1.82, 2.24) is 0 Å². The molecule has 0 heterocycles. The number of hydrogen-bond donors (Lipinski definition) is 0. The third kappa shape index (κ3) is 1.73. The van der Waals surface area contributed by atoms with Crippen molar-refractivity contribution in [2.24, 2.45) is 5.92 Å². The van der Waals surface area contributed by atoms with Gasteiger partial charge in [0.1, 0.15) is 0 Å². The number of carbonyl (C=O) groups is 1. The summed E-state index contributed by atoms with van der Waals surface area (Å²) >= 11 is 0. The molecule has 1 aliphatic carbocycles. The molecular weight excluding hydrogens is 198 g/mol. The molecule has 16 heavy (non-hydrogen) atoms.